The van der Waals surface area contributed by atoms with E-state index in [0.29, 0.717) is 18.5 Å². The van der Waals surface area contributed by atoms with Gasteiger partial charge in [0.05, 0.1) is 6.10 Å². The van der Waals surface area contributed by atoms with Crippen LogP contribution in [0.2, 0.25) is 0 Å². The Morgan fingerprint density at radius 1 is 1.16 bits per heavy atom. The second-order valence-electron chi connectivity index (χ2n) is 7.62. The fourth-order valence-electron chi connectivity index (χ4n) is 4.13. The van der Waals surface area contributed by atoms with Gasteiger partial charge >= 0.3 is 6.03 Å². The number of piperidine rings is 1. The molecular formula is C20H31N3O2. The molecule has 0 unspecified atom stereocenters. The molecule has 5 heteroatoms. The number of nitrogens with zero attached hydrogens (tertiary/aromatic N) is 1. The highest BCUT2D eigenvalue weighted by Gasteiger charge is 2.32. The fourth-order valence-corrected chi connectivity index (χ4v) is 4.13. The predicted octanol–water partition coefficient (Wildman–Crippen LogP) is 3.13. The van der Waals surface area contributed by atoms with Crippen molar-refractivity contribution in [1.29, 1.82) is 0 Å². The molecule has 1 saturated heterocycles. The summed E-state index contributed by atoms with van der Waals surface area (Å²) in [5.41, 5.74) is 2.00. The number of aliphatic hydroxyl groups is 1. The Hall–Kier alpha value is -1.59. The molecule has 2 aliphatic rings. The highest BCUT2D eigenvalue weighted by Crippen LogP contribution is 2.27. The summed E-state index contributed by atoms with van der Waals surface area (Å²) in [5.74, 6) is 0.464. The number of anilines is 1. The predicted molar refractivity (Wildman–Crippen MR) is 101 cm³/mol. The maximum absolute atomic E-state index is 12.1. The van der Waals surface area contributed by atoms with Gasteiger partial charge in [0.2, 0.25) is 0 Å². The average molecular weight is 345 g/mol. The molecule has 3 atom stereocenters. The third-order valence-corrected chi connectivity index (χ3v) is 5.57. The van der Waals surface area contributed by atoms with E-state index in [4.69, 9.17) is 0 Å². The van der Waals surface area contributed by atoms with E-state index in [1.807, 2.05) is 31.2 Å². The number of hydrogen-bond acceptors (Lipinski definition) is 3. The number of nitrogens with one attached hydrogen (secondary N) is 2. The summed E-state index contributed by atoms with van der Waals surface area (Å²) in [7, 11) is 0. The van der Waals surface area contributed by atoms with Crippen LogP contribution < -0.4 is 10.6 Å². The second-order valence-corrected chi connectivity index (χ2v) is 7.62. The Kier molecular flexibility index (Phi) is 6.32. The van der Waals surface area contributed by atoms with Crippen LogP contribution in [-0.2, 0) is 0 Å². The summed E-state index contributed by atoms with van der Waals surface area (Å²) in [6.07, 6.45) is 6.53. The van der Waals surface area contributed by atoms with E-state index < -0.39 is 0 Å². The Balaban J connectivity index is 1.44. The Morgan fingerprint density at radius 2 is 1.92 bits per heavy atom. The van der Waals surface area contributed by atoms with Crippen molar-refractivity contribution in [1.82, 2.24) is 10.2 Å². The molecule has 1 aliphatic heterocycles. The number of urea groups is 1. The zero-order chi connectivity index (χ0) is 17.6. The van der Waals surface area contributed by atoms with Crippen LogP contribution in [0.1, 0.15) is 44.1 Å². The van der Waals surface area contributed by atoms with Crippen molar-refractivity contribution in [2.75, 3.05) is 25.0 Å². The van der Waals surface area contributed by atoms with Gasteiger partial charge in [0, 0.05) is 24.8 Å². The standard InChI is InChI=1S/C20H31N3O2/c1-15-8-10-17(11-9-15)22-20(25)21-13-16-5-4-12-23(14-16)18-6-2-3-7-19(18)24/h8-11,16,18-19,24H,2-7,12-14H2,1H3,(H2,21,22,25)/t16-,18-,19-/m0/s1. The first-order valence-corrected chi connectivity index (χ1v) is 9.65. The molecule has 0 aromatic heterocycles. The molecule has 3 N–H and O–H groups in total. The summed E-state index contributed by atoms with van der Waals surface area (Å²) in [6, 6.07) is 7.99. The molecule has 1 saturated carbocycles. The molecule has 1 aromatic rings. The molecule has 1 aromatic carbocycles. The van der Waals surface area contributed by atoms with Gasteiger partial charge in [-0.05, 0) is 57.2 Å². The van der Waals surface area contributed by atoms with E-state index in [1.165, 1.54) is 12.0 Å². The molecule has 1 aliphatic carbocycles. The Labute approximate surface area is 150 Å². The van der Waals surface area contributed by atoms with E-state index in [-0.39, 0.29) is 12.1 Å². The number of amides is 2. The number of benzene rings is 1. The minimum absolute atomic E-state index is 0.140. The minimum atomic E-state index is -0.176. The van der Waals surface area contributed by atoms with Gasteiger partial charge in [-0.15, -0.1) is 0 Å². The molecule has 2 amide bonds. The number of carbonyl (C=O) groups is 1. The van der Waals surface area contributed by atoms with Crippen molar-refractivity contribution >= 4 is 11.7 Å². The molecule has 0 radical (unpaired) electrons. The number of likely N-dealkylation sites (tertiary alicyclic amines) is 1. The second kappa shape index (κ2) is 8.68. The van der Waals surface area contributed by atoms with Crippen LogP contribution in [0.3, 0.4) is 0 Å². The molecule has 3 rings (SSSR count). The first kappa shape index (κ1) is 18.2. The lowest BCUT2D eigenvalue weighted by Gasteiger charge is -2.42. The minimum Gasteiger partial charge on any atom is -0.391 e. The molecule has 138 valence electrons. The average Bonchev–Trinajstić information content (AvgIpc) is 2.63. The van der Waals surface area contributed by atoms with Crippen molar-refractivity contribution in [3.05, 3.63) is 29.8 Å². The van der Waals surface area contributed by atoms with Crippen LogP contribution in [0.5, 0.6) is 0 Å². The molecule has 0 spiro atoms. The van der Waals surface area contributed by atoms with Crippen molar-refractivity contribution in [3.63, 3.8) is 0 Å². The van der Waals surface area contributed by atoms with E-state index >= 15 is 0 Å². The van der Waals surface area contributed by atoms with Crippen LogP contribution in [0, 0.1) is 12.8 Å². The maximum atomic E-state index is 12.1. The van der Waals surface area contributed by atoms with Crippen molar-refractivity contribution in [3.8, 4) is 0 Å². The van der Waals surface area contributed by atoms with E-state index in [1.54, 1.807) is 0 Å². The smallest absolute Gasteiger partial charge is 0.319 e. The number of hydrogen-bond donors (Lipinski definition) is 3. The van der Waals surface area contributed by atoms with Gasteiger partial charge in [-0.3, -0.25) is 4.90 Å². The van der Waals surface area contributed by atoms with Gasteiger partial charge in [0.25, 0.3) is 0 Å². The number of aliphatic hydroxyl groups excluding tert-OH is 1. The lowest BCUT2D eigenvalue weighted by molar-refractivity contribution is 0.000613. The van der Waals surface area contributed by atoms with Crippen LogP contribution in [-0.4, -0.2) is 47.8 Å². The molecule has 0 bridgehead atoms. The van der Waals surface area contributed by atoms with E-state index in [2.05, 4.69) is 15.5 Å². The van der Waals surface area contributed by atoms with Crippen molar-refractivity contribution < 1.29 is 9.90 Å². The van der Waals surface area contributed by atoms with E-state index in [9.17, 15) is 9.90 Å². The largest absolute Gasteiger partial charge is 0.391 e. The molecule has 5 nitrogen and oxygen atoms in total. The molecule has 2 fully saturated rings. The van der Waals surface area contributed by atoms with Crippen LogP contribution in [0.4, 0.5) is 10.5 Å². The summed E-state index contributed by atoms with van der Waals surface area (Å²) in [4.78, 5) is 14.6. The first-order valence-electron chi connectivity index (χ1n) is 9.65. The topological polar surface area (TPSA) is 64.6 Å². The maximum Gasteiger partial charge on any atom is 0.319 e. The number of rotatable bonds is 4. The van der Waals surface area contributed by atoms with Crippen LogP contribution in [0.15, 0.2) is 24.3 Å². The molecule has 25 heavy (non-hydrogen) atoms. The highest BCUT2D eigenvalue weighted by atomic mass is 16.3. The zero-order valence-corrected chi connectivity index (χ0v) is 15.2. The van der Waals surface area contributed by atoms with Gasteiger partial charge < -0.3 is 15.7 Å². The monoisotopic (exact) mass is 345 g/mol. The summed E-state index contributed by atoms with van der Waals surface area (Å²) in [5, 5.41) is 16.2. The summed E-state index contributed by atoms with van der Waals surface area (Å²) >= 11 is 0. The molecular weight excluding hydrogens is 314 g/mol. The lowest BCUT2D eigenvalue weighted by Crippen LogP contribution is -2.51. The van der Waals surface area contributed by atoms with Crippen molar-refractivity contribution in [2.45, 2.75) is 57.6 Å². The molecule has 1 heterocycles. The quantitative estimate of drug-likeness (QED) is 0.785. The van der Waals surface area contributed by atoms with Gasteiger partial charge in [-0.25, -0.2) is 4.79 Å². The third-order valence-electron chi connectivity index (χ3n) is 5.57. The van der Waals surface area contributed by atoms with Crippen molar-refractivity contribution in [2.24, 2.45) is 5.92 Å². The van der Waals surface area contributed by atoms with E-state index in [0.717, 1.165) is 50.9 Å². The Morgan fingerprint density at radius 3 is 2.68 bits per heavy atom. The normalized spacial score (nSPS) is 27.7. The number of carbonyl (C=O) groups excluding carboxylic acids is 1. The number of aryl methyl sites for hydroxylation is 1. The van der Waals surface area contributed by atoms with Crippen LogP contribution >= 0.6 is 0 Å². The summed E-state index contributed by atoms with van der Waals surface area (Å²) < 4.78 is 0. The van der Waals surface area contributed by atoms with Gasteiger partial charge in [0.15, 0.2) is 0 Å². The SMILES string of the molecule is Cc1ccc(NC(=O)NC[C@@H]2CCCN([C@H]3CCCC[C@@H]3O)C2)cc1. The zero-order valence-electron chi connectivity index (χ0n) is 15.2. The Bertz CT molecular complexity index is 561. The van der Waals surface area contributed by atoms with Crippen LogP contribution in [0.25, 0.3) is 0 Å². The van der Waals surface area contributed by atoms with Gasteiger partial charge in [-0.1, -0.05) is 30.5 Å². The third kappa shape index (κ3) is 5.19. The highest BCUT2D eigenvalue weighted by molar-refractivity contribution is 5.89. The van der Waals surface area contributed by atoms with Gasteiger partial charge in [0.1, 0.15) is 0 Å². The summed E-state index contributed by atoms with van der Waals surface area (Å²) in [6.45, 7) is 4.78. The lowest BCUT2D eigenvalue weighted by atomic mass is 9.88. The fraction of sp³-hybridized carbons (Fsp3) is 0.650. The van der Waals surface area contributed by atoms with Gasteiger partial charge in [-0.2, -0.15) is 0 Å². The first-order chi connectivity index (χ1) is 12.1.